The molecule has 3 aromatic heterocycles. The molecule has 4 aromatic rings. The summed E-state index contributed by atoms with van der Waals surface area (Å²) in [5.74, 6) is -2.11. The molecule has 0 aliphatic carbocycles. The van der Waals surface area contributed by atoms with Gasteiger partial charge in [0.2, 0.25) is 5.91 Å². The average Bonchev–Trinajstić information content (AvgIpc) is 3.37. The van der Waals surface area contributed by atoms with E-state index in [-0.39, 0.29) is 33.2 Å². The Morgan fingerprint density at radius 3 is 2.64 bits per heavy atom. The van der Waals surface area contributed by atoms with Crippen molar-refractivity contribution in [1.82, 2.24) is 19.3 Å². The monoisotopic (exact) mass is 483 g/mol. The zero-order valence-electron chi connectivity index (χ0n) is 16.9. The lowest BCUT2D eigenvalue weighted by molar-refractivity contribution is -0.140. The number of hydrogen-bond donors (Lipinski definition) is 1. The first kappa shape index (κ1) is 22.4. The van der Waals surface area contributed by atoms with Crippen molar-refractivity contribution in [3.05, 3.63) is 61.6 Å². The number of benzene rings is 1. The number of nitrogens with zero attached hydrogens (tertiary/aromatic N) is 4. The largest absolute Gasteiger partial charge is 0.419 e. The molecule has 0 radical (unpaired) electrons. The number of hydrogen-bond acceptors (Lipinski definition) is 7. The van der Waals surface area contributed by atoms with Gasteiger partial charge in [-0.2, -0.15) is 13.2 Å². The summed E-state index contributed by atoms with van der Waals surface area (Å²) >= 11 is 0.941. The quantitative estimate of drug-likeness (QED) is 0.447. The second-order valence-electron chi connectivity index (χ2n) is 6.97. The average molecular weight is 483 g/mol. The molecule has 14 heteroatoms. The van der Waals surface area contributed by atoms with Gasteiger partial charge in [-0.3, -0.25) is 18.7 Å². The van der Waals surface area contributed by atoms with Crippen LogP contribution in [0.5, 0.6) is 0 Å². The Hall–Kier alpha value is -3.81. The first-order valence-corrected chi connectivity index (χ1v) is 10.0. The van der Waals surface area contributed by atoms with Gasteiger partial charge in [-0.1, -0.05) is 5.16 Å². The summed E-state index contributed by atoms with van der Waals surface area (Å²) in [4.78, 5) is 40.9. The summed E-state index contributed by atoms with van der Waals surface area (Å²) in [6, 6.07) is 2.47. The van der Waals surface area contributed by atoms with Crippen molar-refractivity contribution in [3.63, 3.8) is 0 Å². The van der Waals surface area contributed by atoms with Crippen LogP contribution < -0.4 is 16.6 Å². The summed E-state index contributed by atoms with van der Waals surface area (Å²) in [5.41, 5.74) is -2.60. The third-order valence-electron chi connectivity index (χ3n) is 4.79. The van der Waals surface area contributed by atoms with Crippen LogP contribution in [0.3, 0.4) is 0 Å². The number of carbonyl (C=O) groups is 1. The Balaban J connectivity index is 1.56. The van der Waals surface area contributed by atoms with Crippen LogP contribution in [-0.4, -0.2) is 25.2 Å². The molecule has 0 atom stereocenters. The molecule has 172 valence electrons. The van der Waals surface area contributed by atoms with Gasteiger partial charge in [0.1, 0.15) is 11.2 Å². The molecule has 0 unspecified atom stereocenters. The second-order valence-corrected chi connectivity index (χ2v) is 7.82. The van der Waals surface area contributed by atoms with Crippen LogP contribution in [-0.2, 0) is 31.5 Å². The Kier molecular flexibility index (Phi) is 5.40. The van der Waals surface area contributed by atoms with Gasteiger partial charge in [0, 0.05) is 25.0 Å². The summed E-state index contributed by atoms with van der Waals surface area (Å²) < 4.78 is 59.4. The highest BCUT2D eigenvalue weighted by Gasteiger charge is 2.34. The maximum absolute atomic E-state index is 13.5. The van der Waals surface area contributed by atoms with Gasteiger partial charge < -0.3 is 9.84 Å². The number of rotatable bonds is 4. The fraction of sp³-hybridized carbons (Fsp3) is 0.211. The molecular weight excluding hydrogens is 470 g/mol. The van der Waals surface area contributed by atoms with Gasteiger partial charge in [0.05, 0.1) is 17.7 Å². The first-order chi connectivity index (χ1) is 15.5. The van der Waals surface area contributed by atoms with Gasteiger partial charge in [0.25, 0.3) is 5.56 Å². The van der Waals surface area contributed by atoms with Crippen molar-refractivity contribution in [2.75, 3.05) is 5.32 Å². The molecule has 0 saturated heterocycles. The summed E-state index contributed by atoms with van der Waals surface area (Å²) in [7, 11) is 2.67. The second kappa shape index (κ2) is 7.95. The minimum Gasteiger partial charge on any atom is -0.358 e. The molecule has 0 fully saturated rings. The number of aryl methyl sites for hydroxylation is 1. The number of carbonyl (C=O) groups excluding carboxylic acids is 1. The van der Waals surface area contributed by atoms with Crippen LogP contribution in [0, 0.1) is 5.82 Å². The fourth-order valence-electron chi connectivity index (χ4n) is 3.12. The van der Waals surface area contributed by atoms with E-state index in [4.69, 9.17) is 4.52 Å². The molecule has 9 nitrogen and oxygen atoms in total. The summed E-state index contributed by atoms with van der Waals surface area (Å²) in [6.07, 6.45) is -5.28. The van der Waals surface area contributed by atoms with Crippen molar-refractivity contribution in [2.45, 2.75) is 12.6 Å². The molecule has 3 heterocycles. The summed E-state index contributed by atoms with van der Waals surface area (Å²) in [6.45, 7) is 0. The lowest BCUT2D eigenvalue weighted by Crippen LogP contribution is -2.37. The Morgan fingerprint density at radius 1 is 1.21 bits per heavy atom. The van der Waals surface area contributed by atoms with Crippen LogP contribution in [0.25, 0.3) is 22.3 Å². The molecule has 0 aliphatic heterocycles. The van der Waals surface area contributed by atoms with Crippen LogP contribution in [0.15, 0.2) is 37.7 Å². The van der Waals surface area contributed by atoms with E-state index in [1.54, 1.807) is 0 Å². The molecule has 0 aliphatic rings. The van der Waals surface area contributed by atoms with Crippen LogP contribution >= 0.6 is 11.3 Å². The van der Waals surface area contributed by atoms with E-state index in [9.17, 15) is 31.9 Å². The molecule has 33 heavy (non-hydrogen) atoms. The summed E-state index contributed by atoms with van der Waals surface area (Å²) in [5, 5.41) is 7.58. The zero-order valence-corrected chi connectivity index (χ0v) is 17.7. The third-order valence-corrected chi connectivity index (χ3v) is 5.55. The van der Waals surface area contributed by atoms with E-state index in [2.05, 4.69) is 15.5 Å². The van der Waals surface area contributed by atoms with Gasteiger partial charge in [-0.05, 0) is 18.2 Å². The predicted molar refractivity (Wildman–Crippen MR) is 109 cm³/mol. The van der Waals surface area contributed by atoms with Crippen molar-refractivity contribution < 1.29 is 26.9 Å². The predicted octanol–water partition coefficient (Wildman–Crippen LogP) is 2.69. The first-order valence-electron chi connectivity index (χ1n) is 9.14. The Bertz CT molecular complexity index is 1520. The number of halogens is 4. The number of alkyl halides is 3. The minimum absolute atomic E-state index is 0.0146. The molecule has 0 saturated carbocycles. The van der Waals surface area contributed by atoms with E-state index in [1.165, 1.54) is 19.5 Å². The highest BCUT2D eigenvalue weighted by atomic mass is 32.1. The maximum atomic E-state index is 13.5. The van der Waals surface area contributed by atoms with Crippen molar-refractivity contribution >= 4 is 33.4 Å². The molecule has 4 rings (SSSR count). The SMILES string of the molecule is Cn1c(=O)c2c(CC(=O)Nc3nc(-c4ccc(F)c(C(F)(F)F)c4)cs3)onc2n(C)c1=O. The van der Waals surface area contributed by atoms with Crippen molar-refractivity contribution in [3.8, 4) is 11.3 Å². The highest BCUT2D eigenvalue weighted by Crippen LogP contribution is 2.35. The van der Waals surface area contributed by atoms with E-state index in [1.807, 2.05) is 0 Å². The standard InChI is InChI=1S/C19H13F4N5O4S/c1-27-15-14(16(30)28(2)18(27)31)12(32-26-15)6-13(29)25-17-24-11(7-33-17)8-3-4-10(20)9(5-8)19(21,22)23/h3-5,7H,6H2,1-2H3,(H,24,25,29). The molecule has 0 spiro atoms. The topological polar surface area (TPSA) is 112 Å². The minimum atomic E-state index is -4.87. The highest BCUT2D eigenvalue weighted by molar-refractivity contribution is 7.14. The Morgan fingerprint density at radius 2 is 1.94 bits per heavy atom. The zero-order chi connectivity index (χ0) is 24.1. The maximum Gasteiger partial charge on any atom is 0.419 e. The number of fused-ring (bicyclic) bond motifs is 1. The van der Waals surface area contributed by atoms with Gasteiger partial charge in [0.15, 0.2) is 16.5 Å². The number of anilines is 1. The molecule has 0 bridgehead atoms. The number of thiazole rings is 1. The molecular formula is C19H13F4N5O4S. The van der Waals surface area contributed by atoms with Gasteiger partial charge in [-0.25, -0.2) is 14.2 Å². The number of nitrogens with one attached hydrogen (secondary N) is 1. The van der Waals surface area contributed by atoms with E-state index in [0.717, 1.165) is 26.5 Å². The number of aromatic nitrogens is 4. The van der Waals surface area contributed by atoms with E-state index >= 15 is 0 Å². The lowest BCUT2D eigenvalue weighted by atomic mass is 10.1. The van der Waals surface area contributed by atoms with E-state index in [0.29, 0.717) is 12.1 Å². The van der Waals surface area contributed by atoms with Gasteiger partial charge >= 0.3 is 11.9 Å². The smallest absolute Gasteiger partial charge is 0.358 e. The fourth-order valence-corrected chi connectivity index (χ4v) is 3.86. The van der Waals surface area contributed by atoms with Crippen molar-refractivity contribution in [2.24, 2.45) is 14.1 Å². The van der Waals surface area contributed by atoms with E-state index < -0.39 is 41.1 Å². The molecule has 1 amide bonds. The normalized spacial score (nSPS) is 11.8. The molecule has 1 N–H and O–H groups in total. The Labute approximate surface area is 184 Å². The van der Waals surface area contributed by atoms with Crippen LogP contribution in [0.2, 0.25) is 0 Å². The molecule has 1 aromatic carbocycles. The van der Waals surface area contributed by atoms with Crippen molar-refractivity contribution in [1.29, 1.82) is 0 Å². The third kappa shape index (κ3) is 4.04. The lowest BCUT2D eigenvalue weighted by Gasteiger charge is -2.09. The number of amides is 1. The van der Waals surface area contributed by atoms with Gasteiger partial charge in [-0.15, -0.1) is 11.3 Å². The van der Waals surface area contributed by atoms with Crippen LogP contribution in [0.4, 0.5) is 22.7 Å². The van der Waals surface area contributed by atoms with Crippen LogP contribution in [0.1, 0.15) is 11.3 Å².